The monoisotopic (exact) mass is 960 g/mol. The summed E-state index contributed by atoms with van der Waals surface area (Å²) in [5, 5.41) is 0. The van der Waals surface area contributed by atoms with Crippen molar-refractivity contribution in [1.82, 2.24) is 9.88 Å². The number of piperidine rings is 1. The highest BCUT2D eigenvalue weighted by molar-refractivity contribution is 14.1. The number of rotatable bonds is 19. The van der Waals surface area contributed by atoms with Crippen molar-refractivity contribution in [1.29, 1.82) is 0 Å². The maximum atomic E-state index is 14.4. The van der Waals surface area contributed by atoms with Crippen molar-refractivity contribution in [2.45, 2.75) is 76.2 Å². The topological polar surface area (TPSA) is 146 Å². The van der Waals surface area contributed by atoms with Gasteiger partial charge in [0, 0.05) is 29.5 Å². The minimum absolute atomic E-state index is 0.0116. The van der Waals surface area contributed by atoms with Crippen LogP contribution in [0.2, 0.25) is 0 Å². The summed E-state index contributed by atoms with van der Waals surface area (Å²) in [6.07, 6.45) is 6.80. The highest BCUT2D eigenvalue weighted by Gasteiger charge is 2.53. The molecule has 304 valence electrons. The molecule has 16 heteroatoms. The fourth-order valence-electron chi connectivity index (χ4n) is 7.36. The third-order valence-electron chi connectivity index (χ3n) is 10.1. The molecule has 1 aromatic heterocycles. The number of likely N-dealkylation sites (tertiary alicyclic amines) is 1. The smallest absolute Gasteiger partial charge is 0.410 e. The van der Waals surface area contributed by atoms with Crippen molar-refractivity contribution in [3.8, 4) is 0 Å². The van der Waals surface area contributed by atoms with Crippen LogP contribution in [0.5, 0.6) is 0 Å². The Bertz CT molecular complexity index is 1750. The van der Waals surface area contributed by atoms with Gasteiger partial charge in [0.2, 0.25) is 5.91 Å². The predicted octanol–water partition coefficient (Wildman–Crippen LogP) is 6.76. The molecule has 1 unspecified atom stereocenters. The van der Waals surface area contributed by atoms with Gasteiger partial charge in [0.1, 0.15) is 5.60 Å². The van der Waals surface area contributed by atoms with Gasteiger partial charge in [-0.3, -0.25) is 14.8 Å². The molecule has 1 spiro atoms. The lowest BCUT2D eigenvalue weighted by Gasteiger charge is -2.38. The van der Waals surface area contributed by atoms with Crippen LogP contribution in [0.4, 0.5) is 16.2 Å². The van der Waals surface area contributed by atoms with Crippen LogP contribution in [-0.2, 0) is 43.7 Å². The molecule has 55 heavy (non-hydrogen) atoms. The van der Waals surface area contributed by atoms with Gasteiger partial charge in [0.25, 0.3) is 0 Å². The highest BCUT2D eigenvalue weighted by Crippen LogP contribution is 2.48. The van der Waals surface area contributed by atoms with Crippen LogP contribution in [0, 0.1) is 0 Å². The summed E-state index contributed by atoms with van der Waals surface area (Å²) < 4.78 is 54.5. The number of aromatic nitrogens is 1. The number of nitrogens with zero attached hydrogens (tertiary/aromatic N) is 4. The number of aliphatic imine (C=N–C) groups is 1. The first-order valence-electron chi connectivity index (χ1n) is 19.0. The Kier molecular flexibility index (Phi) is 16.3. The summed E-state index contributed by atoms with van der Waals surface area (Å²) in [4.78, 5) is 40.3. The molecule has 3 aliphatic heterocycles. The highest BCUT2D eigenvalue weighted by atomic mass is 127. The standard InChI is InChI=1S/C39H54BrIN4O9S/c1-38(2,3)54-37(47)44-14-11-39(12-15-44)33-10-13-42-26-35(33)45(36(39)46)27-31-8-6-29(32-9-7-30(40)25-34(32)43-31)5-4-23-55(48,49)24-22-52-19-18-50-16-17-51-20-21-53-28-41/h7,9-10,13,25-26,29H,4-6,8,11-12,14-24,27-28H2,1-3H3. The Morgan fingerprint density at radius 2 is 1.65 bits per heavy atom. The zero-order chi connectivity index (χ0) is 39.5. The van der Waals surface area contributed by atoms with Crippen molar-refractivity contribution in [3.63, 3.8) is 0 Å². The lowest BCUT2D eigenvalue weighted by atomic mass is 9.74. The molecule has 5 rings (SSSR count). The van der Waals surface area contributed by atoms with E-state index in [9.17, 15) is 18.0 Å². The fourth-order valence-corrected chi connectivity index (χ4v) is 9.20. The van der Waals surface area contributed by atoms with E-state index in [-0.39, 0.29) is 36.0 Å². The van der Waals surface area contributed by atoms with Gasteiger partial charge >= 0.3 is 6.09 Å². The minimum atomic E-state index is -3.29. The average Bonchev–Trinajstić information content (AvgIpc) is 3.23. The molecule has 0 radical (unpaired) electrons. The van der Waals surface area contributed by atoms with E-state index in [1.54, 1.807) is 17.3 Å². The Balaban J connectivity index is 1.13. The normalized spacial score (nSPS) is 18.2. The van der Waals surface area contributed by atoms with E-state index < -0.39 is 20.9 Å². The van der Waals surface area contributed by atoms with Crippen LogP contribution < -0.4 is 4.90 Å². The van der Waals surface area contributed by atoms with Gasteiger partial charge in [0.05, 0.1) is 91.9 Å². The molecule has 1 fully saturated rings. The molecule has 1 atom stereocenters. The van der Waals surface area contributed by atoms with Gasteiger partial charge in [-0.2, -0.15) is 0 Å². The Morgan fingerprint density at radius 1 is 0.982 bits per heavy atom. The summed E-state index contributed by atoms with van der Waals surface area (Å²) >= 11 is 5.74. The van der Waals surface area contributed by atoms with Crippen LogP contribution in [0.25, 0.3) is 0 Å². The number of ether oxygens (including phenoxy) is 5. The van der Waals surface area contributed by atoms with E-state index in [0.29, 0.717) is 96.0 Å². The summed E-state index contributed by atoms with van der Waals surface area (Å²) in [6.45, 7) is 9.54. The number of amides is 2. The number of halogens is 2. The van der Waals surface area contributed by atoms with E-state index in [1.165, 1.54) is 0 Å². The van der Waals surface area contributed by atoms with Gasteiger partial charge in [-0.25, -0.2) is 13.2 Å². The van der Waals surface area contributed by atoms with Crippen LogP contribution in [-0.4, -0.2) is 124 Å². The molecule has 13 nitrogen and oxygen atoms in total. The van der Waals surface area contributed by atoms with Crippen molar-refractivity contribution in [3.05, 3.63) is 52.3 Å². The molecular weight excluding hydrogens is 907 g/mol. The van der Waals surface area contributed by atoms with Gasteiger partial charge in [-0.15, -0.1) is 0 Å². The second-order valence-corrected chi connectivity index (χ2v) is 18.9. The number of benzene rings is 1. The largest absolute Gasteiger partial charge is 0.444 e. The van der Waals surface area contributed by atoms with E-state index >= 15 is 0 Å². The average molecular weight is 962 g/mol. The summed E-state index contributed by atoms with van der Waals surface area (Å²) in [5.74, 6) is 0.177. The van der Waals surface area contributed by atoms with Crippen LogP contribution >= 0.6 is 38.5 Å². The lowest BCUT2D eigenvalue weighted by molar-refractivity contribution is -0.124. The number of pyridine rings is 1. The molecule has 2 amide bonds. The Hall–Kier alpha value is -2.22. The predicted molar refractivity (Wildman–Crippen MR) is 224 cm³/mol. The first kappa shape index (κ1) is 43.9. The number of alkyl halides is 1. The molecule has 1 aromatic carbocycles. The molecule has 3 aliphatic rings. The van der Waals surface area contributed by atoms with Gasteiger partial charge in [0.15, 0.2) is 9.84 Å². The molecule has 0 aliphatic carbocycles. The molecular formula is C39H54BrIN4O9S. The maximum absolute atomic E-state index is 14.4. The second kappa shape index (κ2) is 20.5. The Labute approximate surface area is 347 Å². The van der Waals surface area contributed by atoms with Crippen LogP contribution in [0.3, 0.4) is 0 Å². The number of sulfone groups is 1. The number of hydrogen-bond acceptors (Lipinski definition) is 11. The molecule has 0 saturated carbocycles. The molecule has 0 N–H and O–H groups in total. The summed E-state index contributed by atoms with van der Waals surface area (Å²) in [5.41, 5.74) is 3.20. The lowest BCUT2D eigenvalue weighted by Crippen LogP contribution is -2.51. The molecule has 0 bridgehead atoms. The van der Waals surface area contributed by atoms with E-state index in [0.717, 1.165) is 39.1 Å². The van der Waals surface area contributed by atoms with Crippen molar-refractivity contribution < 1.29 is 41.7 Å². The zero-order valence-electron chi connectivity index (χ0n) is 32.1. The third-order valence-corrected chi connectivity index (χ3v) is 12.7. The second-order valence-electron chi connectivity index (χ2n) is 15.1. The zero-order valence-corrected chi connectivity index (χ0v) is 36.7. The summed E-state index contributed by atoms with van der Waals surface area (Å²) in [6, 6.07) is 8.00. The number of anilines is 1. The quantitative estimate of drug-likeness (QED) is 0.0841. The van der Waals surface area contributed by atoms with Crippen molar-refractivity contribution >= 4 is 77.4 Å². The maximum Gasteiger partial charge on any atom is 0.410 e. The van der Waals surface area contributed by atoms with Crippen molar-refractivity contribution in [2.24, 2.45) is 4.99 Å². The van der Waals surface area contributed by atoms with Gasteiger partial charge in [-0.1, -0.05) is 44.6 Å². The van der Waals surface area contributed by atoms with Gasteiger partial charge in [-0.05, 0) is 94.5 Å². The number of fused-ring (bicyclic) bond motifs is 3. The van der Waals surface area contributed by atoms with E-state index in [1.807, 2.05) is 43.9 Å². The van der Waals surface area contributed by atoms with E-state index in [2.05, 4.69) is 49.6 Å². The van der Waals surface area contributed by atoms with Gasteiger partial charge < -0.3 is 33.5 Å². The SMILES string of the molecule is CC(C)(C)OC(=O)N1CCC2(CC1)C(=O)N(CC1=Nc3cc(Br)ccc3C(CCCS(=O)(=O)CCOCCOCCOCCOCI)CC1)c1cnccc12. The third kappa shape index (κ3) is 12.4. The van der Waals surface area contributed by atoms with Crippen LogP contribution in [0.15, 0.2) is 46.1 Å². The first-order chi connectivity index (χ1) is 26.3. The summed E-state index contributed by atoms with van der Waals surface area (Å²) in [7, 11) is -3.29. The molecule has 4 heterocycles. The Morgan fingerprint density at radius 3 is 2.33 bits per heavy atom. The number of carbonyl (C=O) groups excluding carboxylic acids is 2. The fraction of sp³-hybridized carbons (Fsp3) is 0.641. The number of hydrogen-bond donors (Lipinski definition) is 0. The van der Waals surface area contributed by atoms with E-state index in [4.69, 9.17) is 28.7 Å². The minimum Gasteiger partial charge on any atom is -0.444 e. The number of carbonyl (C=O) groups is 2. The molecule has 1 saturated heterocycles. The molecule has 2 aromatic rings. The van der Waals surface area contributed by atoms with Crippen molar-refractivity contribution in [2.75, 3.05) is 86.9 Å². The first-order valence-corrected chi connectivity index (χ1v) is 23.1. The van der Waals surface area contributed by atoms with Crippen LogP contribution in [0.1, 0.15) is 76.3 Å².